The standard InChI is InChI=1S/C14H21ClN2O/c1-17(9-11-2-4-12(15)5-3-11)10-14-7-6-13(8-16)18-14/h2-5,13-14H,6-10,16H2,1H3. The molecular formula is C14H21ClN2O. The van der Waals surface area contributed by atoms with Gasteiger partial charge in [0.25, 0.3) is 0 Å². The fourth-order valence-electron chi connectivity index (χ4n) is 2.40. The molecule has 0 spiro atoms. The Bertz CT molecular complexity index is 369. The van der Waals surface area contributed by atoms with Gasteiger partial charge in [0.05, 0.1) is 12.2 Å². The van der Waals surface area contributed by atoms with E-state index in [9.17, 15) is 0 Å². The number of ether oxygens (including phenoxy) is 1. The Morgan fingerprint density at radius 2 is 1.94 bits per heavy atom. The van der Waals surface area contributed by atoms with Crippen LogP contribution in [-0.2, 0) is 11.3 Å². The predicted octanol–water partition coefficient (Wildman–Crippen LogP) is 2.28. The highest BCUT2D eigenvalue weighted by atomic mass is 35.5. The molecule has 2 atom stereocenters. The van der Waals surface area contributed by atoms with Crippen LogP contribution in [0.15, 0.2) is 24.3 Å². The Morgan fingerprint density at radius 3 is 2.56 bits per heavy atom. The minimum Gasteiger partial charge on any atom is -0.372 e. The van der Waals surface area contributed by atoms with Crippen molar-refractivity contribution in [3.8, 4) is 0 Å². The van der Waals surface area contributed by atoms with Crippen LogP contribution in [0.5, 0.6) is 0 Å². The van der Waals surface area contributed by atoms with Crippen molar-refractivity contribution >= 4 is 11.6 Å². The van der Waals surface area contributed by atoms with Gasteiger partial charge in [-0.3, -0.25) is 4.90 Å². The lowest BCUT2D eigenvalue weighted by Gasteiger charge is -2.21. The van der Waals surface area contributed by atoms with Gasteiger partial charge < -0.3 is 10.5 Å². The van der Waals surface area contributed by atoms with E-state index in [0.717, 1.165) is 31.0 Å². The largest absolute Gasteiger partial charge is 0.372 e. The van der Waals surface area contributed by atoms with Gasteiger partial charge in [-0.2, -0.15) is 0 Å². The number of nitrogens with two attached hydrogens (primary N) is 1. The van der Waals surface area contributed by atoms with Crippen LogP contribution < -0.4 is 5.73 Å². The highest BCUT2D eigenvalue weighted by molar-refractivity contribution is 6.30. The molecule has 100 valence electrons. The second-order valence-electron chi connectivity index (χ2n) is 5.02. The quantitative estimate of drug-likeness (QED) is 0.890. The van der Waals surface area contributed by atoms with Gasteiger partial charge in [-0.25, -0.2) is 0 Å². The van der Waals surface area contributed by atoms with Gasteiger partial charge in [0.1, 0.15) is 0 Å². The smallest absolute Gasteiger partial charge is 0.0707 e. The summed E-state index contributed by atoms with van der Waals surface area (Å²) in [5.74, 6) is 0. The maximum absolute atomic E-state index is 5.87. The number of rotatable bonds is 5. The maximum atomic E-state index is 5.87. The second kappa shape index (κ2) is 6.53. The van der Waals surface area contributed by atoms with Crippen molar-refractivity contribution in [1.82, 2.24) is 4.90 Å². The normalized spacial score (nSPS) is 23.8. The molecule has 0 radical (unpaired) electrons. The van der Waals surface area contributed by atoms with Crippen molar-refractivity contribution in [3.63, 3.8) is 0 Å². The summed E-state index contributed by atoms with van der Waals surface area (Å²) < 4.78 is 5.85. The SMILES string of the molecule is CN(Cc1ccc(Cl)cc1)CC1CCC(CN)O1. The Morgan fingerprint density at radius 1 is 1.28 bits per heavy atom. The molecule has 1 aliphatic rings. The fraction of sp³-hybridized carbons (Fsp3) is 0.571. The lowest BCUT2D eigenvalue weighted by molar-refractivity contribution is 0.0306. The number of halogens is 1. The monoisotopic (exact) mass is 268 g/mol. The molecule has 0 aliphatic carbocycles. The van der Waals surface area contributed by atoms with E-state index in [1.165, 1.54) is 5.56 Å². The van der Waals surface area contributed by atoms with Gasteiger partial charge in [-0.15, -0.1) is 0 Å². The zero-order valence-electron chi connectivity index (χ0n) is 10.8. The van der Waals surface area contributed by atoms with Crippen LogP contribution in [0.3, 0.4) is 0 Å². The maximum Gasteiger partial charge on any atom is 0.0707 e. The molecular weight excluding hydrogens is 248 g/mol. The van der Waals surface area contributed by atoms with E-state index in [2.05, 4.69) is 24.1 Å². The molecule has 1 aromatic carbocycles. The van der Waals surface area contributed by atoms with E-state index in [0.29, 0.717) is 12.6 Å². The number of likely N-dealkylation sites (N-methyl/N-ethyl adjacent to an activating group) is 1. The van der Waals surface area contributed by atoms with E-state index < -0.39 is 0 Å². The molecule has 3 nitrogen and oxygen atoms in total. The lowest BCUT2D eigenvalue weighted by atomic mass is 10.1. The Kier molecular flexibility index (Phi) is 5.01. The van der Waals surface area contributed by atoms with E-state index >= 15 is 0 Å². The molecule has 1 fully saturated rings. The number of hydrogen-bond acceptors (Lipinski definition) is 3. The van der Waals surface area contributed by atoms with Crippen molar-refractivity contribution in [1.29, 1.82) is 0 Å². The van der Waals surface area contributed by atoms with Crippen LogP contribution in [0, 0.1) is 0 Å². The van der Waals surface area contributed by atoms with Crippen molar-refractivity contribution in [2.75, 3.05) is 20.1 Å². The van der Waals surface area contributed by atoms with Crippen molar-refractivity contribution in [3.05, 3.63) is 34.9 Å². The summed E-state index contributed by atoms with van der Waals surface area (Å²) in [6.07, 6.45) is 2.80. The molecule has 0 saturated carbocycles. The van der Waals surface area contributed by atoms with Gasteiger partial charge in [0.15, 0.2) is 0 Å². The lowest BCUT2D eigenvalue weighted by Crippen LogP contribution is -2.30. The summed E-state index contributed by atoms with van der Waals surface area (Å²) in [4.78, 5) is 2.28. The molecule has 1 saturated heterocycles. The summed E-state index contributed by atoms with van der Waals surface area (Å²) in [5, 5.41) is 0.784. The summed E-state index contributed by atoms with van der Waals surface area (Å²) in [6.45, 7) is 2.51. The highest BCUT2D eigenvalue weighted by Gasteiger charge is 2.24. The molecule has 1 aromatic rings. The average molecular weight is 269 g/mol. The number of benzene rings is 1. The van der Waals surface area contributed by atoms with Crippen molar-refractivity contribution in [2.45, 2.75) is 31.6 Å². The minimum absolute atomic E-state index is 0.263. The molecule has 2 rings (SSSR count). The second-order valence-corrected chi connectivity index (χ2v) is 5.45. The molecule has 2 unspecified atom stereocenters. The third-order valence-electron chi connectivity index (χ3n) is 3.34. The van der Waals surface area contributed by atoms with Crippen molar-refractivity contribution < 1.29 is 4.74 Å². The first-order chi connectivity index (χ1) is 8.67. The molecule has 4 heteroatoms. The highest BCUT2D eigenvalue weighted by Crippen LogP contribution is 2.20. The van der Waals surface area contributed by atoms with E-state index in [-0.39, 0.29) is 6.10 Å². The summed E-state index contributed by atoms with van der Waals surface area (Å²) in [5.41, 5.74) is 6.89. The van der Waals surface area contributed by atoms with Gasteiger partial charge in [-0.1, -0.05) is 23.7 Å². The van der Waals surface area contributed by atoms with Gasteiger partial charge in [-0.05, 0) is 37.6 Å². The third kappa shape index (κ3) is 3.95. The van der Waals surface area contributed by atoms with Gasteiger partial charge >= 0.3 is 0 Å². The van der Waals surface area contributed by atoms with Crippen LogP contribution in [0.25, 0.3) is 0 Å². The summed E-state index contributed by atoms with van der Waals surface area (Å²) >= 11 is 5.87. The summed E-state index contributed by atoms with van der Waals surface area (Å²) in [6, 6.07) is 8.00. The minimum atomic E-state index is 0.263. The predicted molar refractivity (Wildman–Crippen MR) is 74.7 cm³/mol. The molecule has 2 N–H and O–H groups in total. The first kappa shape index (κ1) is 13.8. The van der Waals surface area contributed by atoms with Crippen LogP contribution in [-0.4, -0.2) is 37.2 Å². The van der Waals surface area contributed by atoms with Gasteiger partial charge in [0.2, 0.25) is 0 Å². The summed E-state index contributed by atoms with van der Waals surface area (Å²) in [7, 11) is 2.12. The zero-order chi connectivity index (χ0) is 13.0. The van der Waals surface area contributed by atoms with Crippen LogP contribution in [0.1, 0.15) is 18.4 Å². The Balaban J connectivity index is 1.78. The van der Waals surface area contributed by atoms with Crippen LogP contribution >= 0.6 is 11.6 Å². The fourth-order valence-corrected chi connectivity index (χ4v) is 2.53. The van der Waals surface area contributed by atoms with E-state index in [1.807, 2.05) is 12.1 Å². The first-order valence-electron chi connectivity index (χ1n) is 6.46. The molecule has 0 bridgehead atoms. The molecule has 0 aromatic heterocycles. The first-order valence-corrected chi connectivity index (χ1v) is 6.83. The van der Waals surface area contributed by atoms with Crippen LogP contribution in [0.4, 0.5) is 0 Å². The molecule has 1 aliphatic heterocycles. The molecule has 0 amide bonds. The third-order valence-corrected chi connectivity index (χ3v) is 3.59. The van der Waals surface area contributed by atoms with E-state index in [4.69, 9.17) is 22.1 Å². The topological polar surface area (TPSA) is 38.5 Å². The van der Waals surface area contributed by atoms with E-state index in [1.54, 1.807) is 0 Å². The number of hydrogen-bond donors (Lipinski definition) is 1. The molecule has 18 heavy (non-hydrogen) atoms. The number of nitrogens with zero attached hydrogens (tertiary/aromatic N) is 1. The van der Waals surface area contributed by atoms with Gasteiger partial charge in [0, 0.05) is 24.7 Å². The molecule has 1 heterocycles. The van der Waals surface area contributed by atoms with Crippen LogP contribution in [0.2, 0.25) is 5.02 Å². The Labute approximate surface area is 114 Å². The van der Waals surface area contributed by atoms with Crippen molar-refractivity contribution in [2.24, 2.45) is 5.73 Å². The zero-order valence-corrected chi connectivity index (χ0v) is 11.6. The average Bonchev–Trinajstić information content (AvgIpc) is 2.79. The Hall–Kier alpha value is -0.610.